The first-order valence-electron chi connectivity index (χ1n) is 5.58. The van der Waals surface area contributed by atoms with Gasteiger partial charge < -0.3 is 0 Å². The molecule has 0 saturated heterocycles. The molecule has 0 saturated carbocycles. The maximum absolute atomic E-state index is 2.24. The summed E-state index contributed by atoms with van der Waals surface area (Å²) in [7, 11) is 1.70. The van der Waals surface area contributed by atoms with E-state index in [2.05, 4.69) is 60.7 Å². The lowest BCUT2D eigenvalue weighted by Gasteiger charge is -1.97. The van der Waals surface area contributed by atoms with E-state index in [1.807, 2.05) is 0 Å². The summed E-state index contributed by atoms with van der Waals surface area (Å²) in [5.41, 5.74) is 2.99. The van der Waals surface area contributed by atoms with Crippen LogP contribution in [0.4, 0.5) is 0 Å². The second kappa shape index (κ2) is 6.79. The smallest absolute Gasteiger partial charge is 0.0622 e. The topological polar surface area (TPSA) is 0 Å². The summed E-state index contributed by atoms with van der Waals surface area (Å²) in [6.07, 6.45) is 2.56. The standard InChI is InChI=1S/C14H16P2/c1-3-7-13(8-4-1)11-15-16-12-14-9-5-2-6-10-14/h1-10,15-16H,11-12H2/p+1. The van der Waals surface area contributed by atoms with Crippen LogP contribution in [0.25, 0.3) is 0 Å². The van der Waals surface area contributed by atoms with Gasteiger partial charge in [0.15, 0.2) is 0 Å². The summed E-state index contributed by atoms with van der Waals surface area (Å²) in [5.74, 6) is 0. The molecule has 2 unspecified atom stereocenters. The molecule has 0 heterocycles. The van der Waals surface area contributed by atoms with Crippen molar-refractivity contribution in [2.75, 3.05) is 0 Å². The molecule has 0 aliphatic rings. The van der Waals surface area contributed by atoms with Crippen molar-refractivity contribution in [3.05, 3.63) is 71.8 Å². The van der Waals surface area contributed by atoms with Gasteiger partial charge >= 0.3 is 0 Å². The number of hydrogen-bond acceptors (Lipinski definition) is 0. The van der Waals surface area contributed by atoms with E-state index in [1.54, 1.807) is 0 Å². The van der Waals surface area contributed by atoms with E-state index in [1.165, 1.54) is 23.5 Å². The Morgan fingerprint density at radius 3 is 1.94 bits per heavy atom. The van der Waals surface area contributed by atoms with Crippen LogP contribution in [0.1, 0.15) is 11.1 Å². The van der Waals surface area contributed by atoms with Crippen LogP contribution in [0.15, 0.2) is 60.7 Å². The lowest BCUT2D eigenvalue weighted by atomic mass is 10.2. The Bertz CT molecular complexity index is 356. The van der Waals surface area contributed by atoms with E-state index in [4.69, 9.17) is 0 Å². The molecule has 0 amide bonds. The highest BCUT2D eigenvalue weighted by Crippen LogP contribution is 2.42. The van der Waals surface area contributed by atoms with Crippen molar-refractivity contribution in [3.8, 4) is 0 Å². The third kappa shape index (κ3) is 4.05. The fraction of sp³-hybridized carbons (Fsp3) is 0.143. The molecule has 16 heavy (non-hydrogen) atoms. The molecule has 0 nitrogen and oxygen atoms in total. The van der Waals surface area contributed by atoms with Gasteiger partial charge in [0.1, 0.15) is 0 Å². The first-order valence-corrected chi connectivity index (χ1v) is 9.41. The van der Waals surface area contributed by atoms with Crippen LogP contribution in [0.2, 0.25) is 0 Å². The second-order valence-corrected chi connectivity index (χ2v) is 7.79. The van der Waals surface area contributed by atoms with Crippen LogP contribution < -0.4 is 0 Å². The van der Waals surface area contributed by atoms with Crippen LogP contribution in [-0.2, 0) is 12.3 Å². The average Bonchev–Trinajstić information content (AvgIpc) is 2.37. The summed E-state index contributed by atoms with van der Waals surface area (Å²) < 4.78 is 0. The Kier molecular flexibility index (Phi) is 5.00. The van der Waals surface area contributed by atoms with Gasteiger partial charge in [-0.05, 0) is 11.1 Å². The van der Waals surface area contributed by atoms with Gasteiger partial charge in [-0.3, -0.25) is 0 Å². The van der Waals surface area contributed by atoms with E-state index >= 15 is 0 Å². The van der Waals surface area contributed by atoms with Crippen molar-refractivity contribution in [2.45, 2.75) is 12.3 Å². The van der Waals surface area contributed by atoms with E-state index in [0.29, 0.717) is 8.27 Å². The lowest BCUT2D eigenvalue weighted by molar-refractivity contribution is 1.41. The molecule has 2 aromatic rings. The molecular formula is C14H17P2+. The molecule has 0 spiro atoms. The Morgan fingerprint density at radius 1 is 0.750 bits per heavy atom. The van der Waals surface area contributed by atoms with Gasteiger partial charge in [0.2, 0.25) is 0 Å². The van der Waals surface area contributed by atoms with Crippen molar-refractivity contribution in [3.63, 3.8) is 0 Å². The van der Waals surface area contributed by atoms with Crippen molar-refractivity contribution >= 4 is 16.5 Å². The van der Waals surface area contributed by atoms with Crippen LogP contribution in [-0.4, -0.2) is 0 Å². The highest BCUT2D eigenvalue weighted by Gasteiger charge is 1.99. The third-order valence-electron chi connectivity index (χ3n) is 2.47. The fourth-order valence-corrected chi connectivity index (χ4v) is 5.14. The predicted molar refractivity (Wildman–Crippen MR) is 78.3 cm³/mol. The molecule has 2 rings (SSSR count). The number of benzene rings is 2. The first kappa shape index (κ1) is 11.8. The van der Waals surface area contributed by atoms with Gasteiger partial charge in [0.05, 0.1) is 6.16 Å². The maximum atomic E-state index is 2.24. The zero-order valence-electron chi connectivity index (χ0n) is 9.27. The van der Waals surface area contributed by atoms with E-state index < -0.39 is 0 Å². The molecule has 0 aromatic heterocycles. The summed E-state index contributed by atoms with van der Waals surface area (Å²) in [6.45, 7) is 0. The Labute approximate surface area is 101 Å². The van der Waals surface area contributed by atoms with Crippen LogP contribution in [0, 0.1) is 0 Å². The number of hydrogen-bond donors (Lipinski definition) is 0. The van der Waals surface area contributed by atoms with Gasteiger partial charge in [-0.15, -0.1) is 0 Å². The Morgan fingerprint density at radius 2 is 1.31 bits per heavy atom. The molecule has 0 radical (unpaired) electrons. The molecule has 2 atom stereocenters. The van der Waals surface area contributed by atoms with Gasteiger partial charge in [-0.25, -0.2) is 0 Å². The summed E-state index contributed by atoms with van der Waals surface area (Å²) in [6, 6.07) is 21.6. The highest BCUT2D eigenvalue weighted by atomic mass is 32.0. The molecule has 0 fully saturated rings. The summed E-state index contributed by atoms with van der Waals surface area (Å²) in [4.78, 5) is 0. The van der Waals surface area contributed by atoms with Gasteiger partial charge in [0, 0.05) is 22.7 Å². The zero-order chi connectivity index (χ0) is 11.1. The molecule has 0 bridgehead atoms. The molecule has 2 aromatic carbocycles. The van der Waals surface area contributed by atoms with E-state index in [9.17, 15) is 0 Å². The maximum Gasteiger partial charge on any atom is 0.0817 e. The summed E-state index contributed by atoms with van der Waals surface area (Å²) >= 11 is 0. The largest absolute Gasteiger partial charge is 0.0817 e. The van der Waals surface area contributed by atoms with Crippen molar-refractivity contribution in [1.82, 2.24) is 0 Å². The highest BCUT2D eigenvalue weighted by molar-refractivity contribution is 8.11. The molecule has 0 N–H and O–H groups in total. The van der Waals surface area contributed by atoms with Gasteiger partial charge in [0.25, 0.3) is 0 Å². The minimum absolute atomic E-state index is 0.580. The van der Waals surface area contributed by atoms with Crippen molar-refractivity contribution in [1.29, 1.82) is 0 Å². The Balaban J connectivity index is 1.70. The van der Waals surface area contributed by atoms with Gasteiger partial charge in [-0.1, -0.05) is 60.7 Å². The first-order chi connectivity index (χ1) is 7.95. The summed E-state index contributed by atoms with van der Waals surface area (Å²) in [5, 5.41) is 0. The van der Waals surface area contributed by atoms with E-state index in [-0.39, 0.29) is 0 Å². The Hall–Kier alpha value is -0.700. The van der Waals surface area contributed by atoms with Gasteiger partial charge in [-0.2, -0.15) is 0 Å². The van der Waals surface area contributed by atoms with E-state index in [0.717, 1.165) is 8.27 Å². The zero-order valence-corrected chi connectivity index (χ0v) is 11.4. The molecule has 82 valence electrons. The second-order valence-electron chi connectivity index (χ2n) is 3.76. The normalized spacial score (nSPS) is 11.8. The third-order valence-corrected chi connectivity index (χ3v) is 6.14. The quantitative estimate of drug-likeness (QED) is 0.543. The molecule has 0 aliphatic carbocycles. The van der Waals surface area contributed by atoms with Crippen LogP contribution in [0.3, 0.4) is 0 Å². The monoisotopic (exact) mass is 247 g/mol. The lowest BCUT2D eigenvalue weighted by Crippen LogP contribution is -1.76. The minimum atomic E-state index is 0.580. The SMILES string of the molecule is c1ccc(CP[PH2+]Cc2ccccc2)cc1. The minimum Gasteiger partial charge on any atom is -0.0622 e. The van der Waals surface area contributed by atoms with Crippen LogP contribution in [0.5, 0.6) is 0 Å². The predicted octanol–water partition coefficient (Wildman–Crippen LogP) is 4.39. The van der Waals surface area contributed by atoms with Crippen molar-refractivity contribution < 1.29 is 0 Å². The molecule has 2 heteroatoms. The molecular weight excluding hydrogens is 230 g/mol. The molecule has 0 aliphatic heterocycles. The van der Waals surface area contributed by atoms with Crippen molar-refractivity contribution in [2.24, 2.45) is 0 Å². The van der Waals surface area contributed by atoms with Crippen LogP contribution >= 0.6 is 16.5 Å². The fourth-order valence-electron chi connectivity index (χ4n) is 1.59. The number of rotatable bonds is 5. The average molecular weight is 247 g/mol.